The molecule has 0 radical (unpaired) electrons. The summed E-state index contributed by atoms with van der Waals surface area (Å²) in [4.78, 5) is 2.53. The molecule has 0 saturated carbocycles. The SMILES string of the molecule is CCN1CCC(c2ccc(OC)cc2)CC1. The standard InChI is InChI=1S/C14H21NO/c1-3-15-10-8-13(9-11-15)12-4-6-14(16-2)7-5-12/h4-7,13H,3,8-11H2,1-2H3. The Morgan fingerprint density at radius 1 is 1.19 bits per heavy atom. The van der Waals surface area contributed by atoms with Gasteiger partial charge in [0.05, 0.1) is 7.11 Å². The normalized spacial score (nSPS) is 18.6. The first-order valence-electron chi connectivity index (χ1n) is 6.19. The zero-order valence-electron chi connectivity index (χ0n) is 10.3. The largest absolute Gasteiger partial charge is 0.497 e. The van der Waals surface area contributed by atoms with Gasteiger partial charge in [0.15, 0.2) is 0 Å². The molecule has 88 valence electrons. The maximum atomic E-state index is 5.18. The predicted molar refractivity (Wildman–Crippen MR) is 67.1 cm³/mol. The van der Waals surface area contributed by atoms with E-state index in [0.29, 0.717) is 0 Å². The minimum atomic E-state index is 0.744. The van der Waals surface area contributed by atoms with E-state index >= 15 is 0 Å². The number of benzene rings is 1. The summed E-state index contributed by atoms with van der Waals surface area (Å²) < 4.78 is 5.18. The third-order valence-corrected chi connectivity index (χ3v) is 3.62. The van der Waals surface area contributed by atoms with Crippen molar-refractivity contribution in [1.82, 2.24) is 4.90 Å². The van der Waals surface area contributed by atoms with Crippen LogP contribution in [0.15, 0.2) is 24.3 Å². The van der Waals surface area contributed by atoms with E-state index in [4.69, 9.17) is 4.74 Å². The highest BCUT2D eigenvalue weighted by Crippen LogP contribution is 2.28. The number of rotatable bonds is 3. The Labute approximate surface area is 98.2 Å². The van der Waals surface area contributed by atoms with Gasteiger partial charge in [0.1, 0.15) is 5.75 Å². The van der Waals surface area contributed by atoms with Crippen molar-refractivity contribution in [3.63, 3.8) is 0 Å². The van der Waals surface area contributed by atoms with Gasteiger partial charge in [-0.3, -0.25) is 0 Å². The van der Waals surface area contributed by atoms with Gasteiger partial charge in [-0.15, -0.1) is 0 Å². The molecule has 2 heteroatoms. The van der Waals surface area contributed by atoms with E-state index in [1.54, 1.807) is 7.11 Å². The van der Waals surface area contributed by atoms with Crippen molar-refractivity contribution in [3.05, 3.63) is 29.8 Å². The highest BCUT2D eigenvalue weighted by atomic mass is 16.5. The fraction of sp³-hybridized carbons (Fsp3) is 0.571. The molecular weight excluding hydrogens is 198 g/mol. The molecule has 1 saturated heterocycles. The second-order valence-corrected chi connectivity index (χ2v) is 4.48. The molecule has 1 aliphatic heterocycles. The summed E-state index contributed by atoms with van der Waals surface area (Å²) in [5.41, 5.74) is 1.47. The Hall–Kier alpha value is -1.02. The highest BCUT2D eigenvalue weighted by molar-refractivity contribution is 5.29. The Bertz CT molecular complexity index is 312. The number of piperidine rings is 1. The minimum Gasteiger partial charge on any atom is -0.497 e. The Morgan fingerprint density at radius 2 is 1.81 bits per heavy atom. The molecule has 0 unspecified atom stereocenters. The van der Waals surface area contributed by atoms with Gasteiger partial charge in [-0.05, 0) is 56.1 Å². The number of ether oxygens (including phenoxy) is 1. The van der Waals surface area contributed by atoms with Crippen LogP contribution in [-0.4, -0.2) is 31.6 Å². The van der Waals surface area contributed by atoms with Crippen LogP contribution < -0.4 is 4.74 Å². The van der Waals surface area contributed by atoms with E-state index in [2.05, 4.69) is 36.1 Å². The molecule has 0 N–H and O–H groups in total. The van der Waals surface area contributed by atoms with Crippen LogP contribution in [0.1, 0.15) is 31.2 Å². The Kier molecular flexibility index (Phi) is 3.83. The van der Waals surface area contributed by atoms with Crippen LogP contribution in [0.3, 0.4) is 0 Å². The molecule has 1 heterocycles. The van der Waals surface area contributed by atoms with Crippen molar-refractivity contribution < 1.29 is 4.74 Å². The van der Waals surface area contributed by atoms with Crippen LogP contribution in [0.5, 0.6) is 5.75 Å². The quantitative estimate of drug-likeness (QED) is 0.775. The Morgan fingerprint density at radius 3 is 2.31 bits per heavy atom. The third kappa shape index (κ3) is 2.56. The van der Waals surface area contributed by atoms with Crippen LogP contribution >= 0.6 is 0 Å². The molecule has 1 aromatic rings. The molecule has 0 bridgehead atoms. The van der Waals surface area contributed by atoms with E-state index in [-0.39, 0.29) is 0 Å². The van der Waals surface area contributed by atoms with Crippen molar-refractivity contribution in [1.29, 1.82) is 0 Å². The summed E-state index contributed by atoms with van der Waals surface area (Å²) in [6.07, 6.45) is 2.58. The average Bonchev–Trinajstić information content (AvgIpc) is 2.39. The molecule has 2 nitrogen and oxygen atoms in total. The first kappa shape index (κ1) is 11.5. The predicted octanol–water partition coefficient (Wildman–Crippen LogP) is 2.89. The van der Waals surface area contributed by atoms with Gasteiger partial charge in [-0.2, -0.15) is 0 Å². The van der Waals surface area contributed by atoms with E-state index in [1.807, 2.05) is 0 Å². The van der Waals surface area contributed by atoms with Gasteiger partial charge in [-0.25, -0.2) is 0 Å². The second-order valence-electron chi connectivity index (χ2n) is 4.48. The molecule has 0 atom stereocenters. The molecule has 0 amide bonds. The van der Waals surface area contributed by atoms with Crippen LogP contribution in [0.25, 0.3) is 0 Å². The summed E-state index contributed by atoms with van der Waals surface area (Å²) in [6.45, 7) is 5.92. The zero-order chi connectivity index (χ0) is 11.4. The van der Waals surface area contributed by atoms with Gasteiger partial charge in [0.2, 0.25) is 0 Å². The van der Waals surface area contributed by atoms with E-state index in [9.17, 15) is 0 Å². The molecular formula is C14H21NO. The van der Waals surface area contributed by atoms with Crippen molar-refractivity contribution in [2.45, 2.75) is 25.7 Å². The summed E-state index contributed by atoms with van der Waals surface area (Å²) in [6, 6.07) is 8.57. The van der Waals surface area contributed by atoms with Crippen molar-refractivity contribution in [2.24, 2.45) is 0 Å². The number of nitrogens with zero attached hydrogens (tertiary/aromatic N) is 1. The van der Waals surface area contributed by atoms with E-state index < -0.39 is 0 Å². The lowest BCUT2D eigenvalue weighted by Gasteiger charge is -2.31. The average molecular weight is 219 g/mol. The molecule has 0 aromatic heterocycles. The molecule has 1 aliphatic rings. The van der Waals surface area contributed by atoms with E-state index in [1.165, 1.54) is 38.0 Å². The lowest BCUT2D eigenvalue weighted by molar-refractivity contribution is 0.222. The number of methoxy groups -OCH3 is 1. The van der Waals surface area contributed by atoms with E-state index in [0.717, 1.165) is 11.7 Å². The van der Waals surface area contributed by atoms with Gasteiger partial charge in [-0.1, -0.05) is 19.1 Å². The van der Waals surface area contributed by atoms with Gasteiger partial charge >= 0.3 is 0 Å². The van der Waals surface area contributed by atoms with Crippen molar-refractivity contribution in [2.75, 3.05) is 26.7 Å². The zero-order valence-corrected chi connectivity index (χ0v) is 10.3. The van der Waals surface area contributed by atoms with Crippen LogP contribution in [-0.2, 0) is 0 Å². The minimum absolute atomic E-state index is 0.744. The summed E-state index contributed by atoms with van der Waals surface area (Å²) >= 11 is 0. The topological polar surface area (TPSA) is 12.5 Å². The highest BCUT2D eigenvalue weighted by Gasteiger charge is 2.19. The molecule has 16 heavy (non-hydrogen) atoms. The van der Waals surface area contributed by atoms with Crippen molar-refractivity contribution >= 4 is 0 Å². The van der Waals surface area contributed by atoms with Crippen LogP contribution in [0, 0.1) is 0 Å². The van der Waals surface area contributed by atoms with Gasteiger partial charge < -0.3 is 9.64 Å². The van der Waals surface area contributed by atoms with Gasteiger partial charge in [0.25, 0.3) is 0 Å². The molecule has 0 spiro atoms. The number of hydrogen-bond acceptors (Lipinski definition) is 2. The van der Waals surface area contributed by atoms with Crippen LogP contribution in [0.4, 0.5) is 0 Å². The summed E-state index contributed by atoms with van der Waals surface area (Å²) in [5.74, 6) is 1.70. The molecule has 1 fully saturated rings. The third-order valence-electron chi connectivity index (χ3n) is 3.62. The Balaban J connectivity index is 1.97. The smallest absolute Gasteiger partial charge is 0.118 e. The second kappa shape index (κ2) is 5.35. The first-order valence-corrected chi connectivity index (χ1v) is 6.19. The summed E-state index contributed by atoms with van der Waals surface area (Å²) in [5, 5.41) is 0. The van der Waals surface area contributed by atoms with Crippen LogP contribution in [0.2, 0.25) is 0 Å². The fourth-order valence-electron chi connectivity index (χ4n) is 2.46. The monoisotopic (exact) mass is 219 g/mol. The van der Waals surface area contributed by atoms with Gasteiger partial charge in [0, 0.05) is 0 Å². The maximum absolute atomic E-state index is 5.18. The molecule has 2 rings (SSSR count). The number of hydrogen-bond donors (Lipinski definition) is 0. The number of likely N-dealkylation sites (tertiary alicyclic amines) is 1. The molecule has 1 aromatic carbocycles. The fourth-order valence-corrected chi connectivity index (χ4v) is 2.46. The first-order chi connectivity index (χ1) is 7.83. The lowest BCUT2D eigenvalue weighted by atomic mass is 9.89. The maximum Gasteiger partial charge on any atom is 0.118 e. The summed E-state index contributed by atoms with van der Waals surface area (Å²) in [7, 11) is 1.72. The molecule has 0 aliphatic carbocycles. The lowest BCUT2D eigenvalue weighted by Crippen LogP contribution is -2.32. The van der Waals surface area contributed by atoms with Crippen molar-refractivity contribution in [3.8, 4) is 5.75 Å².